The molecule has 0 aliphatic carbocycles. The predicted octanol–water partition coefficient (Wildman–Crippen LogP) is 3.08. The molecule has 0 saturated heterocycles. The van der Waals surface area contributed by atoms with Crippen LogP contribution < -0.4 is 5.32 Å². The highest BCUT2D eigenvalue weighted by molar-refractivity contribution is 5.20. The molecule has 0 amide bonds. The summed E-state index contributed by atoms with van der Waals surface area (Å²) in [6.07, 6.45) is -4.91. The first-order valence-corrected chi connectivity index (χ1v) is 6.36. The van der Waals surface area contributed by atoms with E-state index < -0.39 is 12.6 Å². The fourth-order valence-corrected chi connectivity index (χ4v) is 1.76. The summed E-state index contributed by atoms with van der Waals surface area (Å²) < 4.78 is 41.9. The van der Waals surface area contributed by atoms with Gasteiger partial charge in [0.2, 0.25) is 0 Å². The van der Waals surface area contributed by atoms with E-state index in [1.54, 1.807) is 11.9 Å². The summed E-state index contributed by atoms with van der Waals surface area (Å²) in [6.45, 7) is 5.84. The summed E-state index contributed by atoms with van der Waals surface area (Å²) in [6, 6.07) is 1.90. The van der Waals surface area contributed by atoms with Crippen LogP contribution >= 0.6 is 0 Å². The first-order valence-electron chi connectivity index (χ1n) is 6.36. The molecule has 0 bridgehead atoms. The van der Waals surface area contributed by atoms with Gasteiger partial charge in [-0.2, -0.15) is 13.2 Å². The number of halogens is 3. The van der Waals surface area contributed by atoms with E-state index in [9.17, 15) is 13.2 Å². The van der Waals surface area contributed by atoms with E-state index in [-0.39, 0.29) is 6.54 Å². The summed E-state index contributed by atoms with van der Waals surface area (Å²) >= 11 is 0. The van der Waals surface area contributed by atoms with Gasteiger partial charge in [-0.15, -0.1) is 0 Å². The van der Waals surface area contributed by atoms with Gasteiger partial charge >= 0.3 is 6.18 Å². The molecule has 0 radical (unpaired) electrons. The second-order valence-electron chi connectivity index (χ2n) is 4.68. The molecule has 0 aliphatic heterocycles. The molecule has 3 nitrogen and oxygen atoms in total. The molecule has 0 saturated carbocycles. The number of furan rings is 1. The van der Waals surface area contributed by atoms with Crippen molar-refractivity contribution in [2.75, 3.05) is 20.1 Å². The third-order valence-electron chi connectivity index (χ3n) is 2.84. The molecule has 1 aromatic heterocycles. The highest BCUT2D eigenvalue weighted by Gasteiger charge is 2.27. The standard InChI is InChI=1S/C13H21F3N2O/c1-4-17-8-11-7-12(19-10(11)2)9-18(3)6-5-13(14,15)16/h7,17H,4-6,8-9H2,1-3H3. The molecule has 1 N–H and O–H groups in total. The molecule has 110 valence electrons. The van der Waals surface area contributed by atoms with Crippen molar-refractivity contribution in [2.45, 2.75) is 39.5 Å². The van der Waals surface area contributed by atoms with Crippen LogP contribution in [0.5, 0.6) is 0 Å². The Morgan fingerprint density at radius 2 is 2.05 bits per heavy atom. The number of alkyl halides is 3. The fraction of sp³-hybridized carbons (Fsp3) is 0.692. The lowest BCUT2D eigenvalue weighted by atomic mass is 10.2. The second kappa shape index (κ2) is 6.96. The van der Waals surface area contributed by atoms with E-state index in [0.29, 0.717) is 12.3 Å². The molecule has 1 rings (SSSR count). The molecule has 6 heteroatoms. The molecule has 0 atom stereocenters. The van der Waals surface area contributed by atoms with E-state index in [1.807, 2.05) is 19.9 Å². The monoisotopic (exact) mass is 278 g/mol. The fourth-order valence-electron chi connectivity index (χ4n) is 1.76. The zero-order valence-corrected chi connectivity index (χ0v) is 11.6. The van der Waals surface area contributed by atoms with Crippen molar-refractivity contribution in [2.24, 2.45) is 0 Å². The van der Waals surface area contributed by atoms with Gasteiger partial charge in [0.25, 0.3) is 0 Å². The number of nitrogens with one attached hydrogen (secondary N) is 1. The van der Waals surface area contributed by atoms with E-state index in [1.165, 1.54) is 0 Å². The number of nitrogens with zero attached hydrogens (tertiary/aromatic N) is 1. The lowest BCUT2D eigenvalue weighted by molar-refractivity contribution is -0.137. The number of hydrogen-bond acceptors (Lipinski definition) is 3. The van der Waals surface area contributed by atoms with E-state index in [2.05, 4.69) is 5.32 Å². The Labute approximate surface area is 111 Å². The topological polar surface area (TPSA) is 28.4 Å². The number of aryl methyl sites for hydroxylation is 1. The van der Waals surface area contributed by atoms with Crippen molar-refractivity contribution in [1.29, 1.82) is 0 Å². The van der Waals surface area contributed by atoms with E-state index in [0.717, 1.165) is 24.4 Å². The van der Waals surface area contributed by atoms with Gasteiger partial charge in [-0.25, -0.2) is 0 Å². The lowest BCUT2D eigenvalue weighted by Crippen LogP contribution is -2.23. The summed E-state index contributed by atoms with van der Waals surface area (Å²) in [5.41, 5.74) is 1.06. The molecule has 0 aliphatic rings. The second-order valence-corrected chi connectivity index (χ2v) is 4.68. The van der Waals surface area contributed by atoms with E-state index >= 15 is 0 Å². The zero-order chi connectivity index (χ0) is 14.5. The van der Waals surface area contributed by atoms with Crippen LogP contribution in [0.15, 0.2) is 10.5 Å². The Morgan fingerprint density at radius 3 is 2.63 bits per heavy atom. The van der Waals surface area contributed by atoms with E-state index in [4.69, 9.17) is 4.42 Å². The van der Waals surface area contributed by atoms with Gasteiger partial charge in [0.15, 0.2) is 0 Å². The molecule has 0 spiro atoms. The summed E-state index contributed by atoms with van der Waals surface area (Å²) in [5, 5.41) is 3.19. The maximum Gasteiger partial charge on any atom is 0.390 e. The van der Waals surface area contributed by atoms with Crippen molar-refractivity contribution in [3.05, 3.63) is 23.2 Å². The third-order valence-corrected chi connectivity index (χ3v) is 2.84. The minimum Gasteiger partial charge on any atom is -0.465 e. The molecule has 1 aromatic rings. The van der Waals surface area contributed by atoms with Crippen molar-refractivity contribution in [3.63, 3.8) is 0 Å². The van der Waals surface area contributed by atoms with Crippen LogP contribution in [0.2, 0.25) is 0 Å². The molecular formula is C13H21F3N2O. The van der Waals surface area contributed by atoms with Gasteiger partial charge in [0, 0.05) is 18.7 Å². The van der Waals surface area contributed by atoms with Crippen molar-refractivity contribution >= 4 is 0 Å². The lowest BCUT2D eigenvalue weighted by Gasteiger charge is -2.16. The van der Waals surface area contributed by atoms with Crippen LogP contribution in [0.4, 0.5) is 13.2 Å². The van der Waals surface area contributed by atoms with Crippen molar-refractivity contribution in [1.82, 2.24) is 10.2 Å². The Morgan fingerprint density at radius 1 is 1.37 bits per heavy atom. The Hall–Kier alpha value is -1.01. The van der Waals surface area contributed by atoms with Crippen LogP contribution in [0.1, 0.15) is 30.4 Å². The van der Waals surface area contributed by atoms with Crippen LogP contribution in [-0.2, 0) is 13.1 Å². The molecule has 0 aromatic carbocycles. The average Bonchev–Trinajstić information content (AvgIpc) is 2.63. The largest absolute Gasteiger partial charge is 0.465 e. The Bertz CT molecular complexity index is 388. The Kier molecular flexibility index (Phi) is 5.87. The van der Waals surface area contributed by atoms with Crippen LogP contribution in [0.3, 0.4) is 0 Å². The van der Waals surface area contributed by atoms with Crippen molar-refractivity contribution < 1.29 is 17.6 Å². The Balaban J connectivity index is 2.48. The minimum absolute atomic E-state index is 0.0220. The summed E-state index contributed by atoms with van der Waals surface area (Å²) in [7, 11) is 1.66. The molecular weight excluding hydrogens is 257 g/mol. The van der Waals surface area contributed by atoms with Gasteiger partial charge in [-0.3, -0.25) is 4.90 Å². The number of rotatable bonds is 7. The van der Waals surface area contributed by atoms with Crippen LogP contribution in [-0.4, -0.2) is 31.2 Å². The van der Waals surface area contributed by atoms with Crippen molar-refractivity contribution in [3.8, 4) is 0 Å². The molecule has 19 heavy (non-hydrogen) atoms. The van der Waals surface area contributed by atoms with Gasteiger partial charge in [0.05, 0.1) is 13.0 Å². The third kappa shape index (κ3) is 6.11. The highest BCUT2D eigenvalue weighted by atomic mass is 19.4. The summed E-state index contributed by atoms with van der Waals surface area (Å²) in [4.78, 5) is 1.61. The first-order chi connectivity index (χ1) is 8.81. The highest BCUT2D eigenvalue weighted by Crippen LogP contribution is 2.21. The summed E-state index contributed by atoms with van der Waals surface area (Å²) in [5.74, 6) is 1.52. The first kappa shape index (κ1) is 16.0. The quantitative estimate of drug-likeness (QED) is 0.831. The average molecular weight is 278 g/mol. The van der Waals surface area contributed by atoms with Crippen LogP contribution in [0.25, 0.3) is 0 Å². The predicted molar refractivity (Wildman–Crippen MR) is 67.8 cm³/mol. The molecule has 1 heterocycles. The van der Waals surface area contributed by atoms with Gasteiger partial charge in [-0.1, -0.05) is 6.92 Å². The maximum atomic E-state index is 12.1. The SMILES string of the molecule is CCNCc1cc(CN(C)CCC(F)(F)F)oc1C. The smallest absolute Gasteiger partial charge is 0.390 e. The van der Waals surface area contributed by atoms with Crippen LogP contribution in [0, 0.1) is 6.92 Å². The maximum absolute atomic E-state index is 12.1. The number of hydrogen-bond donors (Lipinski definition) is 1. The minimum atomic E-state index is -4.11. The van der Waals surface area contributed by atoms with Gasteiger partial charge < -0.3 is 9.73 Å². The molecule has 0 unspecified atom stereocenters. The normalized spacial score (nSPS) is 12.4. The zero-order valence-electron chi connectivity index (χ0n) is 11.6. The van der Waals surface area contributed by atoms with Gasteiger partial charge in [0.1, 0.15) is 11.5 Å². The molecule has 0 fully saturated rings. The van der Waals surface area contributed by atoms with Gasteiger partial charge in [-0.05, 0) is 26.6 Å².